The first-order chi connectivity index (χ1) is 6.48. The summed E-state index contributed by atoms with van der Waals surface area (Å²) in [7, 11) is 0. The Labute approximate surface area is 86.0 Å². The summed E-state index contributed by atoms with van der Waals surface area (Å²) in [5.74, 6) is 1.28. The van der Waals surface area contributed by atoms with Crippen LogP contribution in [0.15, 0.2) is 0 Å². The molecule has 2 bridgehead atoms. The molecule has 1 saturated heterocycles. The number of esters is 1. The molecule has 0 aromatic heterocycles. The molecule has 14 heavy (non-hydrogen) atoms. The zero-order chi connectivity index (χ0) is 10.5. The standard InChI is InChI=1S/C12H20O2/c1-5-8-6-9-7(2)10(12(8,3)4)14-11(9)13/h7-10H,5-6H2,1-4H3. The smallest absolute Gasteiger partial charge is 0.309 e. The van der Waals surface area contributed by atoms with Crippen LogP contribution in [-0.4, -0.2) is 12.1 Å². The Bertz CT molecular complexity index is 257. The summed E-state index contributed by atoms with van der Waals surface area (Å²) in [6.07, 6.45) is 2.34. The van der Waals surface area contributed by atoms with Gasteiger partial charge in [-0.05, 0) is 12.3 Å². The Morgan fingerprint density at radius 3 is 2.71 bits per heavy atom. The molecule has 0 N–H and O–H groups in total. The molecule has 0 aromatic rings. The third kappa shape index (κ3) is 1.12. The molecule has 4 atom stereocenters. The van der Waals surface area contributed by atoms with Gasteiger partial charge in [0.1, 0.15) is 6.10 Å². The average Bonchev–Trinajstić information content (AvgIpc) is 2.33. The van der Waals surface area contributed by atoms with Crippen LogP contribution in [0.2, 0.25) is 0 Å². The molecule has 4 unspecified atom stereocenters. The van der Waals surface area contributed by atoms with E-state index in [1.807, 2.05) is 0 Å². The highest BCUT2D eigenvalue weighted by Crippen LogP contribution is 2.53. The fourth-order valence-corrected chi connectivity index (χ4v) is 3.42. The van der Waals surface area contributed by atoms with Crippen LogP contribution in [0.25, 0.3) is 0 Å². The summed E-state index contributed by atoms with van der Waals surface area (Å²) in [6, 6.07) is 0. The van der Waals surface area contributed by atoms with Crippen molar-refractivity contribution in [1.29, 1.82) is 0 Å². The summed E-state index contributed by atoms with van der Waals surface area (Å²) >= 11 is 0. The molecular weight excluding hydrogens is 176 g/mol. The van der Waals surface area contributed by atoms with E-state index in [1.165, 1.54) is 0 Å². The lowest BCUT2D eigenvalue weighted by Crippen LogP contribution is -2.44. The number of fused-ring (bicyclic) bond motifs is 2. The predicted molar refractivity (Wildman–Crippen MR) is 54.7 cm³/mol. The SMILES string of the molecule is CCC1CC2C(=O)OC(C2C)C1(C)C. The van der Waals surface area contributed by atoms with Gasteiger partial charge in [-0.25, -0.2) is 0 Å². The molecular formula is C12H20O2. The first-order valence-corrected chi connectivity index (χ1v) is 5.69. The van der Waals surface area contributed by atoms with Crippen molar-refractivity contribution in [2.24, 2.45) is 23.2 Å². The average molecular weight is 196 g/mol. The molecule has 0 amide bonds. The molecule has 1 heterocycles. The number of hydrogen-bond acceptors (Lipinski definition) is 2. The molecule has 2 fully saturated rings. The van der Waals surface area contributed by atoms with E-state index in [0.717, 1.165) is 12.8 Å². The first-order valence-electron chi connectivity index (χ1n) is 5.69. The van der Waals surface area contributed by atoms with Crippen LogP contribution in [0.4, 0.5) is 0 Å². The second kappa shape index (κ2) is 2.98. The van der Waals surface area contributed by atoms with E-state index in [-0.39, 0.29) is 23.4 Å². The van der Waals surface area contributed by atoms with Gasteiger partial charge in [0, 0.05) is 11.3 Å². The molecule has 1 aliphatic carbocycles. The highest BCUT2D eigenvalue weighted by Gasteiger charge is 2.56. The Morgan fingerprint density at radius 1 is 1.50 bits per heavy atom. The van der Waals surface area contributed by atoms with Crippen molar-refractivity contribution in [3.8, 4) is 0 Å². The van der Waals surface area contributed by atoms with Crippen molar-refractivity contribution >= 4 is 5.97 Å². The number of rotatable bonds is 1. The van der Waals surface area contributed by atoms with Crippen LogP contribution in [0, 0.1) is 23.2 Å². The fraction of sp³-hybridized carbons (Fsp3) is 0.917. The first kappa shape index (κ1) is 10.0. The topological polar surface area (TPSA) is 26.3 Å². The van der Waals surface area contributed by atoms with Gasteiger partial charge in [0.2, 0.25) is 0 Å². The van der Waals surface area contributed by atoms with Crippen molar-refractivity contribution < 1.29 is 9.53 Å². The molecule has 0 aromatic carbocycles. The predicted octanol–water partition coefficient (Wildman–Crippen LogP) is 2.62. The molecule has 2 aliphatic rings. The Morgan fingerprint density at radius 2 is 2.14 bits per heavy atom. The maximum Gasteiger partial charge on any atom is 0.309 e. The third-order valence-corrected chi connectivity index (χ3v) is 4.47. The van der Waals surface area contributed by atoms with E-state index < -0.39 is 0 Å². The van der Waals surface area contributed by atoms with Crippen LogP contribution in [-0.2, 0) is 9.53 Å². The third-order valence-electron chi connectivity index (χ3n) is 4.47. The minimum absolute atomic E-state index is 0.0477. The molecule has 0 spiro atoms. The van der Waals surface area contributed by atoms with Crippen molar-refractivity contribution in [2.75, 3.05) is 0 Å². The van der Waals surface area contributed by atoms with Crippen molar-refractivity contribution in [2.45, 2.75) is 46.6 Å². The van der Waals surface area contributed by atoms with Crippen LogP contribution < -0.4 is 0 Å². The quantitative estimate of drug-likeness (QED) is 0.603. The van der Waals surface area contributed by atoms with Crippen molar-refractivity contribution in [3.63, 3.8) is 0 Å². The summed E-state index contributed by atoms with van der Waals surface area (Å²) in [5.41, 5.74) is 0.164. The van der Waals surface area contributed by atoms with Crippen LogP contribution in [0.5, 0.6) is 0 Å². The maximum absolute atomic E-state index is 11.6. The van der Waals surface area contributed by atoms with E-state index in [4.69, 9.17) is 4.74 Å². The van der Waals surface area contributed by atoms with Crippen molar-refractivity contribution in [1.82, 2.24) is 0 Å². The van der Waals surface area contributed by atoms with Crippen LogP contribution >= 0.6 is 0 Å². The summed E-state index contributed by atoms with van der Waals surface area (Å²) < 4.78 is 5.51. The zero-order valence-electron chi connectivity index (χ0n) is 9.54. The number of carbonyl (C=O) groups is 1. The Balaban J connectivity index is 2.31. The minimum Gasteiger partial charge on any atom is -0.461 e. The molecule has 0 radical (unpaired) electrons. The van der Waals surface area contributed by atoms with Gasteiger partial charge in [0.15, 0.2) is 0 Å². The van der Waals surface area contributed by atoms with Gasteiger partial charge in [-0.1, -0.05) is 34.1 Å². The molecule has 2 rings (SSSR count). The largest absolute Gasteiger partial charge is 0.461 e. The van der Waals surface area contributed by atoms with Gasteiger partial charge < -0.3 is 4.74 Å². The van der Waals surface area contributed by atoms with Gasteiger partial charge >= 0.3 is 5.97 Å². The lowest BCUT2D eigenvalue weighted by Gasteiger charge is -2.44. The van der Waals surface area contributed by atoms with E-state index in [1.54, 1.807) is 0 Å². The zero-order valence-corrected chi connectivity index (χ0v) is 9.54. The Kier molecular flexibility index (Phi) is 2.13. The minimum atomic E-state index is 0.0477. The highest BCUT2D eigenvalue weighted by molar-refractivity contribution is 5.75. The fourth-order valence-electron chi connectivity index (χ4n) is 3.42. The van der Waals surface area contributed by atoms with Gasteiger partial charge in [-0.3, -0.25) is 4.79 Å². The molecule has 1 aliphatic heterocycles. The lowest BCUT2D eigenvalue weighted by atomic mass is 9.60. The summed E-state index contributed by atoms with van der Waals surface area (Å²) in [4.78, 5) is 11.6. The summed E-state index contributed by atoms with van der Waals surface area (Å²) in [6.45, 7) is 8.87. The van der Waals surface area contributed by atoms with Gasteiger partial charge in [0.25, 0.3) is 0 Å². The second-order valence-corrected chi connectivity index (χ2v) is 5.49. The van der Waals surface area contributed by atoms with Crippen molar-refractivity contribution in [3.05, 3.63) is 0 Å². The molecule has 2 nitrogen and oxygen atoms in total. The van der Waals surface area contributed by atoms with E-state index in [0.29, 0.717) is 11.8 Å². The van der Waals surface area contributed by atoms with Gasteiger partial charge in [0.05, 0.1) is 5.92 Å². The number of hydrogen-bond donors (Lipinski definition) is 0. The Hall–Kier alpha value is -0.530. The van der Waals surface area contributed by atoms with Gasteiger partial charge in [-0.15, -0.1) is 0 Å². The van der Waals surface area contributed by atoms with E-state index >= 15 is 0 Å². The van der Waals surface area contributed by atoms with E-state index in [2.05, 4.69) is 27.7 Å². The molecule has 1 saturated carbocycles. The molecule has 2 heteroatoms. The second-order valence-electron chi connectivity index (χ2n) is 5.49. The normalized spacial score (nSPS) is 45.0. The highest BCUT2D eigenvalue weighted by atomic mass is 16.6. The van der Waals surface area contributed by atoms with E-state index in [9.17, 15) is 4.79 Å². The van der Waals surface area contributed by atoms with Gasteiger partial charge in [-0.2, -0.15) is 0 Å². The monoisotopic (exact) mass is 196 g/mol. The van der Waals surface area contributed by atoms with Crippen LogP contribution in [0.3, 0.4) is 0 Å². The number of ether oxygens (including phenoxy) is 1. The maximum atomic E-state index is 11.6. The molecule has 80 valence electrons. The van der Waals surface area contributed by atoms with Crippen LogP contribution in [0.1, 0.15) is 40.5 Å². The number of carbonyl (C=O) groups excluding carboxylic acids is 1. The summed E-state index contributed by atoms with van der Waals surface area (Å²) in [5, 5.41) is 0. The lowest BCUT2D eigenvalue weighted by molar-refractivity contribution is -0.146.